The summed E-state index contributed by atoms with van der Waals surface area (Å²) in [5.74, 6) is 0.248. The van der Waals surface area contributed by atoms with E-state index in [4.69, 9.17) is 23.8 Å². The largest absolute Gasteiger partial charge is 0.508 e. The normalized spacial score (nSPS) is 15.0. The quantitative estimate of drug-likeness (QED) is 0.851. The van der Waals surface area contributed by atoms with Gasteiger partial charge in [-0.05, 0) is 30.3 Å². The SMILES string of the molecule is Oc1cccc(C(=S)N2CCN(c3cccc(Cl)c3)CC2)c1. The Bertz CT molecular complexity index is 684. The van der Waals surface area contributed by atoms with Gasteiger partial charge < -0.3 is 14.9 Å². The molecule has 0 amide bonds. The second-order valence-corrected chi connectivity index (χ2v) is 6.13. The van der Waals surface area contributed by atoms with Crippen molar-refractivity contribution in [1.29, 1.82) is 0 Å². The summed E-state index contributed by atoms with van der Waals surface area (Å²) < 4.78 is 0. The number of hydrogen-bond acceptors (Lipinski definition) is 3. The zero-order valence-corrected chi connectivity index (χ0v) is 13.6. The Morgan fingerprint density at radius 3 is 2.41 bits per heavy atom. The van der Waals surface area contributed by atoms with E-state index < -0.39 is 0 Å². The van der Waals surface area contributed by atoms with Crippen LogP contribution in [0.4, 0.5) is 5.69 Å². The van der Waals surface area contributed by atoms with Crippen LogP contribution in [-0.4, -0.2) is 41.2 Å². The van der Waals surface area contributed by atoms with Gasteiger partial charge in [0, 0.05) is 42.5 Å². The Labute approximate surface area is 140 Å². The molecular formula is C17H17ClN2OS. The van der Waals surface area contributed by atoms with Gasteiger partial charge in [-0.15, -0.1) is 0 Å². The van der Waals surface area contributed by atoms with E-state index in [2.05, 4.69) is 15.9 Å². The van der Waals surface area contributed by atoms with Crippen LogP contribution in [0.5, 0.6) is 5.75 Å². The first-order valence-corrected chi connectivity index (χ1v) is 8.01. The van der Waals surface area contributed by atoms with Crippen molar-refractivity contribution in [3.05, 3.63) is 59.1 Å². The van der Waals surface area contributed by atoms with Gasteiger partial charge in [0.05, 0.1) is 0 Å². The molecule has 22 heavy (non-hydrogen) atoms. The summed E-state index contributed by atoms with van der Waals surface area (Å²) in [7, 11) is 0. The summed E-state index contributed by atoms with van der Waals surface area (Å²) in [6.45, 7) is 3.53. The van der Waals surface area contributed by atoms with E-state index in [9.17, 15) is 5.11 Å². The highest BCUT2D eigenvalue weighted by molar-refractivity contribution is 7.80. The zero-order chi connectivity index (χ0) is 15.5. The summed E-state index contributed by atoms with van der Waals surface area (Å²) >= 11 is 11.6. The molecule has 3 nitrogen and oxygen atoms in total. The highest BCUT2D eigenvalue weighted by atomic mass is 35.5. The molecule has 5 heteroatoms. The van der Waals surface area contributed by atoms with Crippen LogP contribution in [0, 0.1) is 0 Å². The summed E-state index contributed by atoms with van der Waals surface area (Å²) in [4.78, 5) is 5.29. The number of piperazine rings is 1. The standard InChI is InChI=1S/C17H17ClN2OS/c18-14-4-2-5-15(12-14)19-7-9-20(10-8-19)17(22)13-3-1-6-16(21)11-13/h1-6,11-12,21H,7-10H2. The van der Waals surface area contributed by atoms with Crippen molar-refractivity contribution in [2.75, 3.05) is 31.1 Å². The molecule has 114 valence electrons. The second kappa shape index (κ2) is 6.55. The van der Waals surface area contributed by atoms with Crippen molar-refractivity contribution >= 4 is 34.5 Å². The highest BCUT2D eigenvalue weighted by Crippen LogP contribution is 2.22. The molecule has 1 N–H and O–H groups in total. The zero-order valence-electron chi connectivity index (χ0n) is 12.1. The first-order chi connectivity index (χ1) is 10.6. The van der Waals surface area contributed by atoms with Crippen LogP contribution in [0.25, 0.3) is 0 Å². The predicted octanol–water partition coefficient (Wildman–Crippen LogP) is 3.54. The van der Waals surface area contributed by atoms with Gasteiger partial charge >= 0.3 is 0 Å². The molecule has 0 atom stereocenters. The fraction of sp³-hybridized carbons (Fsp3) is 0.235. The van der Waals surface area contributed by atoms with Crippen LogP contribution in [0.1, 0.15) is 5.56 Å². The van der Waals surface area contributed by atoms with E-state index in [-0.39, 0.29) is 5.75 Å². The molecule has 0 aliphatic carbocycles. The van der Waals surface area contributed by atoms with E-state index in [1.54, 1.807) is 12.1 Å². The van der Waals surface area contributed by atoms with E-state index in [1.165, 1.54) is 0 Å². The van der Waals surface area contributed by atoms with Crippen LogP contribution in [0.15, 0.2) is 48.5 Å². The van der Waals surface area contributed by atoms with Crippen molar-refractivity contribution in [3.8, 4) is 5.75 Å². The van der Waals surface area contributed by atoms with E-state index in [0.717, 1.165) is 47.4 Å². The monoisotopic (exact) mass is 332 g/mol. The highest BCUT2D eigenvalue weighted by Gasteiger charge is 2.20. The Morgan fingerprint density at radius 1 is 1.00 bits per heavy atom. The van der Waals surface area contributed by atoms with Crippen molar-refractivity contribution < 1.29 is 5.11 Å². The van der Waals surface area contributed by atoms with Crippen LogP contribution in [0.2, 0.25) is 5.02 Å². The van der Waals surface area contributed by atoms with Crippen LogP contribution >= 0.6 is 23.8 Å². The Hall–Kier alpha value is -1.78. The van der Waals surface area contributed by atoms with Gasteiger partial charge in [0.2, 0.25) is 0 Å². The van der Waals surface area contributed by atoms with Crippen LogP contribution < -0.4 is 4.90 Å². The number of rotatable bonds is 2. The number of halogens is 1. The minimum atomic E-state index is 0.248. The third-order valence-corrected chi connectivity index (χ3v) is 4.56. The van der Waals surface area contributed by atoms with Gasteiger partial charge in [-0.3, -0.25) is 0 Å². The topological polar surface area (TPSA) is 26.7 Å². The van der Waals surface area contributed by atoms with Crippen molar-refractivity contribution in [2.24, 2.45) is 0 Å². The number of phenolic OH excluding ortho intramolecular Hbond substituents is 1. The molecule has 1 saturated heterocycles. The first kappa shape index (κ1) is 15.1. The molecule has 1 aliphatic rings. The third kappa shape index (κ3) is 3.34. The van der Waals surface area contributed by atoms with Gasteiger partial charge in [0.1, 0.15) is 10.7 Å². The van der Waals surface area contributed by atoms with E-state index in [1.807, 2.05) is 30.3 Å². The molecule has 1 aliphatic heterocycles. The molecule has 0 aromatic heterocycles. The lowest BCUT2D eigenvalue weighted by atomic mass is 10.1. The maximum absolute atomic E-state index is 9.58. The molecule has 0 unspecified atom stereocenters. The molecule has 3 rings (SSSR count). The fourth-order valence-electron chi connectivity index (χ4n) is 2.66. The van der Waals surface area contributed by atoms with Gasteiger partial charge in [0.15, 0.2) is 0 Å². The number of anilines is 1. The first-order valence-electron chi connectivity index (χ1n) is 7.22. The summed E-state index contributed by atoms with van der Waals surface area (Å²) in [5.41, 5.74) is 2.04. The smallest absolute Gasteiger partial charge is 0.116 e. The van der Waals surface area contributed by atoms with Gasteiger partial charge in [-0.25, -0.2) is 0 Å². The average molecular weight is 333 g/mol. The van der Waals surface area contributed by atoms with E-state index >= 15 is 0 Å². The summed E-state index contributed by atoms with van der Waals surface area (Å²) in [6.07, 6.45) is 0. The molecule has 0 spiro atoms. The molecule has 2 aromatic rings. The number of aromatic hydroxyl groups is 1. The van der Waals surface area contributed by atoms with Crippen LogP contribution in [-0.2, 0) is 0 Å². The van der Waals surface area contributed by atoms with Crippen molar-refractivity contribution in [2.45, 2.75) is 0 Å². The molecule has 1 heterocycles. The van der Waals surface area contributed by atoms with Crippen molar-refractivity contribution in [3.63, 3.8) is 0 Å². The lowest BCUT2D eigenvalue weighted by Gasteiger charge is -2.37. The van der Waals surface area contributed by atoms with Crippen molar-refractivity contribution in [1.82, 2.24) is 4.90 Å². The van der Waals surface area contributed by atoms with Crippen LogP contribution in [0.3, 0.4) is 0 Å². The second-order valence-electron chi connectivity index (χ2n) is 5.31. The lowest BCUT2D eigenvalue weighted by molar-refractivity contribution is 0.392. The molecule has 2 aromatic carbocycles. The Morgan fingerprint density at radius 2 is 1.73 bits per heavy atom. The van der Waals surface area contributed by atoms with Gasteiger partial charge in [0.25, 0.3) is 0 Å². The Balaban J connectivity index is 1.65. The maximum Gasteiger partial charge on any atom is 0.116 e. The number of nitrogens with zero attached hydrogens (tertiary/aromatic N) is 2. The van der Waals surface area contributed by atoms with Gasteiger partial charge in [-0.2, -0.15) is 0 Å². The van der Waals surface area contributed by atoms with Gasteiger partial charge in [-0.1, -0.05) is 42.0 Å². The predicted molar refractivity (Wildman–Crippen MR) is 95.0 cm³/mol. The minimum absolute atomic E-state index is 0.248. The number of benzene rings is 2. The average Bonchev–Trinajstić information content (AvgIpc) is 2.54. The maximum atomic E-state index is 9.58. The van der Waals surface area contributed by atoms with E-state index in [0.29, 0.717) is 0 Å². The molecular weight excluding hydrogens is 316 g/mol. The minimum Gasteiger partial charge on any atom is -0.508 e. The fourth-order valence-corrected chi connectivity index (χ4v) is 3.16. The molecule has 0 bridgehead atoms. The number of hydrogen-bond donors (Lipinski definition) is 1. The third-order valence-electron chi connectivity index (χ3n) is 3.83. The number of thiocarbonyl (C=S) groups is 1. The lowest BCUT2D eigenvalue weighted by Crippen LogP contribution is -2.48. The Kier molecular flexibility index (Phi) is 4.50. The molecule has 0 saturated carbocycles. The molecule has 1 fully saturated rings. The number of phenols is 1. The summed E-state index contributed by atoms with van der Waals surface area (Å²) in [6, 6.07) is 15.1. The summed E-state index contributed by atoms with van der Waals surface area (Å²) in [5, 5.41) is 10.3. The molecule has 0 radical (unpaired) electrons.